The van der Waals surface area contributed by atoms with Crippen molar-refractivity contribution < 1.29 is 0 Å². The van der Waals surface area contributed by atoms with Crippen LogP contribution >= 0.6 is 0 Å². The minimum absolute atomic E-state index is 0.429. The van der Waals surface area contributed by atoms with E-state index in [0.29, 0.717) is 5.92 Å². The number of hydrogen-bond donors (Lipinski definition) is 0. The van der Waals surface area contributed by atoms with Gasteiger partial charge in [-0.1, -0.05) is 104 Å². The molecule has 0 bridgehead atoms. The standard InChI is InChI=1S/C22H28Si/c1-5-13-19(6-2)22(20-14-9-7-10-15-20)18-23(3,4)21-16-11-8-12-17-21/h6-12,14-19H,2,5,13H2,1,3-4H3/b22-18+. The lowest BCUT2D eigenvalue weighted by Gasteiger charge is -2.24. The van der Waals surface area contributed by atoms with Crippen molar-refractivity contribution in [2.75, 3.05) is 0 Å². The van der Waals surface area contributed by atoms with Gasteiger partial charge in [0.1, 0.15) is 8.07 Å². The average Bonchev–Trinajstić information content (AvgIpc) is 2.59. The van der Waals surface area contributed by atoms with E-state index in [1.54, 1.807) is 0 Å². The van der Waals surface area contributed by atoms with Gasteiger partial charge in [-0.2, -0.15) is 0 Å². The van der Waals surface area contributed by atoms with Gasteiger partial charge < -0.3 is 0 Å². The molecule has 0 radical (unpaired) electrons. The van der Waals surface area contributed by atoms with E-state index in [1.165, 1.54) is 22.7 Å². The third-order valence-electron chi connectivity index (χ3n) is 4.42. The lowest BCUT2D eigenvalue weighted by Crippen LogP contribution is -2.40. The number of rotatable bonds is 7. The SMILES string of the molecule is C=CC(CCC)/C(=C\[Si](C)(C)c1ccccc1)c1ccccc1. The Bertz CT molecular complexity index is 638. The van der Waals surface area contributed by atoms with Crippen molar-refractivity contribution in [1.82, 2.24) is 0 Å². The van der Waals surface area contributed by atoms with E-state index in [-0.39, 0.29) is 0 Å². The van der Waals surface area contributed by atoms with E-state index >= 15 is 0 Å². The first-order valence-corrected chi connectivity index (χ1v) is 11.6. The van der Waals surface area contributed by atoms with Crippen LogP contribution in [0.15, 0.2) is 79.0 Å². The first-order valence-electron chi connectivity index (χ1n) is 8.54. The molecule has 0 aromatic heterocycles. The molecule has 0 heterocycles. The van der Waals surface area contributed by atoms with Crippen LogP contribution in [-0.4, -0.2) is 8.07 Å². The summed E-state index contributed by atoms with van der Waals surface area (Å²) in [4.78, 5) is 0. The van der Waals surface area contributed by atoms with Crippen molar-refractivity contribution in [3.63, 3.8) is 0 Å². The summed E-state index contributed by atoms with van der Waals surface area (Å²) in [7, 11) is -1.64. The molecule has 1 unspecified atom stereocenters. The van der Waals surface area contributed by atoms with E-state index in [9.17, 15) is 0 Å². The van der Waals surface area contributed by atoms with Gasteiger partial charge in [-0.15, -0.1) is 6.58 Å². The predicted octanol–water partition coefficient (Wildman–Crippen LogP) is 5.83. The Kier molecular flexibility index (Phi) is 6.17. The Morgan fingerprint density at radius 1 is 1.00 bits per heavy atom. The highest BCUT2D eigenvalue weighted by Crippen LogP contribution is 2.30. The van der Waals surface area contributed by atoms with Crippen LogP contribution in [0.5, 0.6) is 0 Å². The zero-order chi connectivity index (χ0) is 16.7. The van der Waals surface area contributed by atoms with Crippen LogP contribution in [0.4, 0.5) is 0 Å². The van der Waals surface area contributed by atoms with Crippen molar-refractivity contribution >= 4 is 18.8 Å². The molecule has 0 nitrogen and oxygen atoms in total. The molecule has 0 aliphatic heterocycles. The lowest BCUT2D eigenvalue weighted by atomic mass is 9.90. The van der Waals surface area contributed by atoms with Gasteiger partial charge >= 0.3 is 0 Å². The fourth-order valence-corrected chi connectivity index (χ4v) is 5.46. The topological polar surface area (TPSA) is 0 Å². The second kappa shape index (κ2) is 8.12. The maximum atomic E-state index is 4.10. The van der Waals surface area contributed by atoms with Crippen molar-refractivity contribution in [2.45, 2.75) is 32.9 Å². The molecule has 0 saturated carbocycles. The maximum Gasteiger partial charge on any atom is 0.104 e. The van der Waals surface area contributed by atoms with Gasteiger partial charge in [-0.05, 0) is 17.6 Å². The molecule has 0 aliphatic rings. The van der Waals surface area contributed by atoms with Crippen molar-refractivity contribution in [3.05, 3.63) is 84.6 Å². The first-order chi connectivity index (χ1) is 11.1. The summed E-state index contributed by atoms with van der Waals surface area (Å²) in [6.45, 7) is 11.2. The summed E-state index contributed by atoms with van der Waals surface area (Å²) >= 11 is 0. The van der Waals surface area contributed by atoms with Crippen molar-refractivity contribution in [1.29, 1.82) is 0 Å². The highest BCUT2D eigenvalue weighted by atomic mass is 28.3. The molecule has 23 heavy (non-hydrogen) atoms. The van der Waals surface area contributed by atoms with Gasteiger partial charge in [0.25, 0.3) is 0 Å². The number of allylic oxidation sites excluding steroid dienone is 2. The van der Waals surface area contributed by atoms with Crippen LogP contribution in [-0.2, 0) is 0 Å². The first kappa shape index (κ1) is 17.5. The quantitative estimate of drug-likeness (QED) is 0.445. The van der Waals surface area contributed by atoms with Crippen molar-refractivity contribution in [2.24, 2.45) is 5.92 Å². The smallest absolute Gasteiger partial charge is 0.102 e. The van der Waals surface area contributed by atoms with Crippen molar-refractivity contribution in [3.8, 4) is 0 Å². The molecule has 0 aliphatic carbocycles. The number of hydrogen-bond acceptors (Lipinski definition) is 0. The number of benzene rings is 2. The Morgan fingerprint density at radius 3 is 2.09 bits per heavy atom. The minimum Gasteiger partial charge on any atom is -0.102 e. The molecule has 1 atom stereocenters. The molecular formula is C22H28Si. The molecular weight excluding hydrogens is 292 g/mol. The molecule has 1 heteroatoms. The molecule has 0 saturated heterocycles. The third-order valence-corrected chi connectivity index (χ3v) is 7.28. The molecule has 0 spiro atoms. The van der Waals surface area contributed by atoms with E-state index < -0.39 is 8.07 Å². The van der Waals surface area contributed by atoms with Gasteiger partial charge in [0.2, 0.25) is 0 Å². The third kappa shape index (κ3) is 4.55. The van der Waals surface area contributed by atoms with Crippen LogP contribution in [0.2, 0.25) is 13.1 Å². The minimum atomic E-state index is -1.64. The zero-order valence-corrected chi connectivity index (χ0v) is 15.6. The van der Waals surface area contributed by atoms with Gasteiger partial charge in [0.05, 0.1) is 0 Å². The largest absolute Gasteiger partial charge is 0.104 e. The maximum absolute atomic E-state index is 4.10. The van der Waals surface area contributed by atoms with Gasteiger partial charge in [-0.3, -0.25) is 0 Å². The fourth-order valence-electron chi connectivity index (χ4n) is 3.09. The summed E-state index contributed by atoms with van der Waals surface area (Å²) in [5.41, 5.74) is 5.35. The molecule has 120 valence electrons. The Labute approximate surface area is 142 Å². The van der Waals surface area contributed by atoms with E-state index in [1.807, 2.05) is 0 Å². The highest BCUT2D eigenvalue weighted by molar-refractivity contribution is 6.94. The normalized spacial score (nSPS) is 13.6. The zero-order valence-electron chi connectivity index (χ0n) is 14.6. The second-order valence-corrected chi connectivity index (χ2v) is 11.0. The molecule has 0 fully saturated rings. The molecule has 2 aromatic rings. The summed E-state index contributed by atoms with van der Waals surface area (Å²) < 4.78 is 0. The van der Waals surface area contributed by atoms with Gasteiger partial charge in [0, 0.05) is 5.92 Å². The second-order valence-electron chi connectivity index (χ2n) is 6.68. The molecule has 2 rings (SSSR count). The molecule has 0 amide bonds. The van der Waals surface area contributed by atoms with E-state index in [4.69, 9.17) is 0 Å². The Hall–Kier alpha value is -1.86. The summed E-state index contributed by atoms with van der Waals surface area (Å²) in [6, 6.07) is 21.7. The summed E-state index contributed by atoms with van der Waals surface area (Å²) in [5, 5.41) is 1.48. The van der Waals surface area contributed by atoms with E-state index in [0.717, 1.165) is 6.42 Å². The van der Waals surface area contributed by atoms with Crippen LogP contribution in [0, 0.1) is 5.92 Å². The summed E-state index contributed by atoms with van der Waals surface area (Å²) in [6.07, 6.45) is 4.45. The Balaban J connectivity index is 2.50. The monoisotopic (exact) mass is 320 g/mol. The van der Waals surface area contributed by atoms with Crippen LogP contribution in [0.1, 0.15) is 25.3 Å². The Morgan fingerprint density at radius 2 is 1.57 bits per heavy atom. The lowest BCUT2D eigenvalue weighted by molar-refractivity contribution is 0.707. The van der Waals surface area contributed by atoms with Crippen LogP contribution < -0.4 is 5.19 Å². The molecule has 0 N–H and O–H groups in total. The van der Waals surface area contributed by atoms with Crippen LogP contribution in [0.3, 0.4) is 0 Å². The van der Waals surface area contributed by atoms with Gasteiger partial charge in [-0.25, -0.2) is 0 Å². The predicted molar refractivity (Wildman–Crippen MR) is 107 cm³/mol. The molecule has 2 aromatic carbocycles. The summed E-state index contributed by atoms with van der Waals surface area (Å²) in [5.74, 6) is 0.429. The van der Waals surface area contributed by atoms with Crippen LogP contribution in [0.25, 0.3) is 5.57 Å². The highest BCUT2D eigenvalue weighted by Gasteiger charge is 2.23. The van der Waals surface area contributed by atoms with Gasteiger partial charge in [0.15, 0.2) is 0 Å². The average molecular weight is 321 g/mol. The fraction of sp³-hybridized carbons (Fsp3) is 0.273. The van der Waals surface area contributed by atoms with E-state index in [2.05, 4.69) is 99.0 Å².